The first kappa shape index (κ1) is 19.6. The number of aromatic nitrogens is 3. The highest BCUT2D eigenvalue weighted by molar-refractivity contribution is 5.91. The molecule has 2 heterocycles. The number of hydrogen-bond acceptors (Lipinski definition) is 5. The number of nitrogens with zero attached hydrogens (tertiary/aromatic N) is 3. The van der Waals surface area contributed by atoms with Gasteiger partial charge in [0.1, 0.15) is 11.2 Å². The molecule has 0 aliphatic rings. The average molecular weight is 402 g/mol. The topological polar surface area (TPSA) is 90.0 Å². The lowest BCUT2D eigenvalue weighted by Crippen LogP contribution is -2.23. The van der Waals surface area contributed by atoms with E-state index in [1.807, 2.05) is 63.2 Å². The predicted molar refractivity (Wildman–Crippen MR) is 115 cm³/mol. The zero-order chi connectivity index (χ0) is 21.3. The van der Waals surface area contributed by atoms with Gasteiger partial charge in [0.15, 0.2) is 0 Å². The van der Waals surface area contributed by atoms with Crippen LogP contribution >= 0.6 is 0 Å². The summed E-state index contributed by atoms with van der Waals surface area (Å²) in [7, 11) is 0. The van der Waals surface area contributed by atoms with Gasteiger partial charge >= 0.3 is 0 Å². The van der Waals surface area contributed by atoms with Crippen molar-refractivity contribution in [3.05, 3.63) is 75.8 Å². The molecule has 1 amide bonds. The molecule has 0 saturated carbocycles. The molecule has 2 aromatic carbocycles. The molecule has 4 aromatic rings. The van der Waals surface area contributed by atoms with Crippen LogP contribution in [0.25, 0.3) is 22.4 Å². The fourth-order valence-electron chi connectivity index (χ4n) is 3.22. The second kappa shape index (κ2) is 7.94. The molecule has 0 saturated heterocycles. The van der Waals surface area contributed by atoms with Gasteiger partial charge in [-0.05, 0) is 38.0 Å². The summed E-state index contributed by atoms with van der Waals surface area (Å²) in [4.78, 5) is 29.5. The number of nitrogens with one attached hydrogen (secondary N) is 1. The minimum absolute atomic E-state index is 0.0861. The van der Waals surface area contributed by atoms with Crippen LogP contribution < -0.4 is 10.9 Å². The maximum atomic E-state index is 12.8. The molecule has 0 aliphatic carbocycles. The van der Waals surface area contributed by atoms with Crippen molar-refractivity contribution in [2.75, 3.05) is 5.32 Å². The predicted octanol–water partition coefficient (Wildman–Crippen LogP) is 4.01. The van der Waals surface area contributed by atoms with Crippen LogP contribution in [-0.2, 0) is 11.3 Å². The molecule has 0 unspecified atom stereocenters. The number of rotatable bonds is 5. The van der Waals surface area contributed by atoms with Gasteiger partial charge in [-0.3, -0.25) is 14.2 Å². The highest BCUT2D eigenvalue weighted by Gasteiger charge is 2.17. The van der Waals surface area contributed by atoms with Crippen LogP contribution in [0.1, 0.15) is 23.1 Å². The lowest BCUT2D eigenvalue weighted by atomic mass is 10.1. The Morgan fingerprint density at radius 1 is 1.07 bits per heavy atom. The van der Waals surface area contributed by atoms with E-state index < -0.39 is 0 Å². The maximum Gasteiger partial charge on any atom is 0.299 e. The maximum absolute atomic E-state index is 12.8. The van der Waals surface area contributed by atoms with Crippen molar-refractivity contribution in [1.29, 1.82) is 0 Å². The first-order chi connectivity index (χ1) is 14.4. The van der Waals surface area contributed by atoms with E-state index in [1.165, 1.54) is 10.9 Å². The summed E-state index contributed by atoms with van der Waals surface area (Å²) < 4.78 is 6.66. The smallest absolute Gasteiger partial charge is 0.299 e. The molecule has 0 radical (unpaired) electrons. The van der Waals surface area contributed by atoms with E-state index in [0.717, 1.165) is 27.9 Å². The van der Waals surface area contributed by atoms with Gasteiger partial charge < -0.3 is 9.84 Å². The number of anilines is 1. The molecule has 1 N–H and O–H groups in total. The molecule has 0 fully saturated rings. The molecule has 0 atom stereocenters. The standard InChI is InChI=1S/C23H22N4O3/c1-14-5-8-17(9-6-14)20-21-22(30-26-20)23(29)27(13-24-21)11-10-19(28)25-18-12-15(2)4-7-16(18)3/h4-9,12-13H,10-11H2,1-3H3,(H,25,28). The zero-order valence-electron chi connectivity index (χ0n) is 17.1. The average Bonchev–Trinajstić information content (AvgIpc) is 3.16. The molecule has 4 rings (SSSR count). The van der Waals surface area contributed by atoms with Crippen LogP contribution in [0.15, 0.2) is 58.1 Å². The number of carbonyl (C=O) groups is 1. The molecular weight excluding hydrogens is 380 g/mol. The van der Waals surface area contributed by atoms with Gasteiger partial charge in [0.2, 0.25) is 5.91 Å². The Labute approximate surface area is 173 Å². The van der Waals surface area contributed by atoms with Gasteiger partial charge in [0.25, 0.3) is 11.1 Å². The summed E-state index contributed by atoms with van der Waals surface area (Å²) in [6, 6.07) is 13.6. The fraction of sp³-hybridized carbons (Fsp3) is 0.217. The summed E-state index contributed by atoms with van der Waals surface area (Å²) in [5, 5.41) is 6.93. The van der Waals surface area contributed by atoms with Gasteiger partial charge in [0, 0.05) is 24.2 Å². The van der Waals surface area contributed by atoms with Crippen LogP contribution in [0.4, 0.5) is 5.69 Å². The van der Waals surface area contributed by atoms with Gasteiger partial charge in [-0.15, -0.1) is 0 Å². The minimum atomic E-state index is -0.356. The van der Waals surface area contributed by atoms with E-state index in [1.54, 1.807) is 0 Å². The van der Waals surface area contributed by atoms with Crippen LogP contribution in [0, 0.1) is 20.8 Å². The van der Waals surface area contributed by atoms with Crippen molar-refractivity contribution in [2.45, 2.75) is 33.7 Å². The molecule has 7 nitrogen and oxygen atoms in total. The van der Waals surface area contributed by atoms with Crippen LogP contribution in [0.5, 0.6) is 0 Å². The summed E-state index contributed by atoms with van der Waals surface area (Å²) in [6.45, 7) is 6.10. The normalized spacial score (nSPS) is 11.0. The molecule has 0 bridgehead atoms. The van der Waals surface area contributed by atoms with E-state index in [4.69, 9.17) is 4.52 Å². The zero-order valence-corrected chi connectivity index (χ0v) is 17.1. The molecule has 0 spiro atoms. The Morgan fingerprint density at radius 3 is 2.57 bits per heavy atom. The Morgan fingerprint density at radius 2 is 1.80 bits per heavy atom. The van der Waals surface area contributed by atoms with Crippen molar-refractivity contribution in [3.8, 4) is 11.3 Å². The summed E-state index contributed by atoms with van der Waals surface area (Å²) in [6.07, 6.45) is 1.57. The largest absolute Gasteiger partial charge is 0.348 e. The van der Waals surface area contributed by atoms with Crippen LogP contribution in [0.2, 0.25) is 0 Å². The highest BCUT2D eigenvalue weighted by Crippen LogP contribution is 2.24. The van der Waals surface area contributed by atoms with Crippen molar-refractivity contribution < 1.29 is 9.32 Å². The first-order valence-electron chi connectivity index (χ1n) is 9.71. The van der Waals surface area contributed by atoms with Gasteiger partial charge in [-0.25, -0.2) is 4.98 Å². The van der Waals surface area contributed by atoms with Gasteiger partial charge in [-0.1, -0.05) is 47.1 Å². The second-order valence-electron chi connectivity index (χ2n) is 7.43. The highest BCUT2D eigenvalue weighted by atomic mass is 16.5. The molecule has 152 valence electrons. The third-order valence-corrected chi connectivity index (χ3v) is 5.02. The quantitative estimate of drug-likeness (QED) is 0.545. The van der Waals surface area contributed by atoms with Crippen molar-refractivity contribution >= 4 is 22.7 Å². The van der Waals surface area contributed by atoms with E-state index in [2.05, 4.69) is 15.5 Å². The van der Waals surface area contributed by atoms with Crippen LogP contribution in [-0.4, -0.2) is 20.6 Å². The van der Waals surface area contributed by atoms with E-state index >= 15 is 0 Å². The number of amides is 1. The van der Waals surface area contributed by atoms with Crippen molar-refractivity contribution in [2.24, 2.45) is 0 Å². The number of carbonyl (C=O) groups excluding carboxylic acids is 1. The third kappa shape index (κ3) is 3.87. The number of fused-ring (bicyclic) bond motifs is 1. The van der Waals surface area contributed by atoms with E-state index in [0.29, 0.717) is 11.2 Å². The second-order valence-corrected chi connectivity index (χ2v) is 7.43. The van der Waals surface area contributed by atoms with E-state index in [-0.39, 0.29) is 30.0 Å². The Balaban J connectivity index is 1.52. The molecule has 0 aliphatic heterocycles. The summed E-state index contributed by atoms with van der Waals surface area (Å²) >= 11 is 0. The fourth-order valence-corrected chi connectivity index (χ4v) is 3.22. The Kier molecular flexibility index (Phi) is 5.18. The minimum Gasteiger partial charge on any atom is -0.348 e. The number of hydrogen-bond donors (Lipinski definition) is 1. The summed E-state index contributed by atoms with van der Waals surface area (Å²) in [5.41, 5.74) is 5.46. The molecule has 7 heteroatoms. The third-order valence-electron chi connectivity index (χ3n) is 5.02. The van der Waals surface area contributed by atoms with Crippen molar-refractivity contribution in [3.63, 3.8) is 0 Å². The molecule has 30 heavy (non-hydrogen) atoms. The number of aryl methyl sites for hydroxylation is 4. The lowest BCUT2D eigenvalue weighted by molar-refractivity contribution is -0.116. The SMILES string of the molecule is Cc1ccc(-c2noc3c(=O)n(CCC(=O)Nc4cc(C)ccc4C)cnc23)cc1. The molecular formula is C23H22N4O3. The first-order valence-corrected chi connectivity index (χ1v) is 9.71. The molecule has 2 aromatic heterocycles. The van der Waals surface area contributed by atoms with Gasteiger partial charge in [-0.2, -0.15) is 0 Å². The monoisotopic (exact) mass is 402 g/mol. The van der Waals surface area contributed by atoms with Gasteiger partial charge in [0.05, 0.1) is 6.33 Å². The number of benzene rings is 2. The lowest BCUT2D eigenvalue weighted by Gasteiger charge is -2.10. The van der Waals surface area contributed by atoms with Crippen LogP contribution in [0.3, 0.4) is 0 Å². The van der Waals surface area contributed by atoms with Crippen molar-refractivity contribution in [1.82, 2.24) is 14.7 Å². The Hall–Kier alpha value is -3.74. The summed E-state index contributed by atoms with van der Waals surface area (Å²) in [5.74, 6) is -0.173. The Bertz CT molecular complexity index is 1290. The van der Waals surface area contributed by atoms with E-state index in [9.17, 15) is 9.59 Å².